The van der Waals surface area contributed by atoms with Crippen LogP contribution in [0.3, 0.4) is 0 Å². The van der Waals surface area contributed by atoms with E-state index in [1.54, 1.807) is 4.90 Å². The summed E-state index contributed by atoms with van der Waals surface area (Å²) in [6, 6.07) is 11.1. The fourth-order valence-electron chi connectivity index (χ4n) is 2.56. The van der Waals surface area contributed by atoms with Crippen molar-refractivity contribution in [2.75, 3.05) is 0 Å². The molecule has 0 saturated carbocycles. The summed E-state index contributed by atoms with van der Waals surface area (Å²) < 4.78 is 0. The van der Waals surface area contributed by atoms with Gasteiger partial charge in [-0.05, 0) is 30.5 Å². The number of benzene rings is 1. The number of hydrogen-bond acceptors (Lipinski definition) is 3. The lowest BCUT2D eigenvalue weighted by Crippen LogP contribution is -2.43. The Bertz CT molecular complexity index is 688. The van der Waals surface area contributed by atoms with E-state index >= 15 is 0 Å². The number of amides is 1. The van der Waals surface area contributed by atoms with E-state index < -0.39 is 0 Å². The van der Waals surface area contributed by atoms with Gasteiger partial charge in [-0.25, -0.2) is 5.10 Å². The zero-order chi connectivity index (χ0) is 14.1. The lowest BCUT2D eigenvalue weighted by atomic mass is 9.94. The summed E-state index contributed by atoms with van der Waals surface area (Å²) in [4.78, 5) is 25.3. The number of carbonyl (C=O) groups is 1. The molecule has 1 aliphatic heterocycles. The van der Waals surface area contributed by atoms with Crippen LogP contribution in [0.25, 0.3) is 0 Å². The number of nitrogens with zero attached hydrogens (tertiary/aromatic N) is 2. The van der Waals surface area contributed by atoms with Crippen molar-refractivity contribution in [1.82, 2.24) is 15.1 Å². The van der Waals surface area contributed by atoms with E-state index in [1.165, 1.54) is 23.3 Å². The molecule has 1 aliphatic rings. The summed E-state index contributed by atoms with van der Waals surface area (Å²) >= 11 is 0. The monoisotopic (exact) mass is 269 g/mol. The normalized spacial score (nSPS) is 17.6. The molecule has 102 valence electrons. The van der Waals surface area contributed by atoms with Crippen molar-refractivity contribution in [3.63, 3.8) is 0 Å². The van der Waals surface area contributed by atoms with E-state index in [2.05, 4.69) is 16.3 Å². The molecule has 1 N–H and O–H groups in total. The molecule has 1 aromatic heterocycles. The first-order valence-corrected chi connectivity index (χ1v) is 6.58. The topological polar surface area (TPSA) is 66.1 Å². The van der Waals surface area contributed by atoms with Gasteiger partial charge in [-0.2, -0.15) is 5.10 Å². The third-order valence-electron chi connectivity index (χ3n) is 3.67. The first-order valence-electron chi connectivity index (χ1n) is 6.58. The second-order valence-corrected chi connectivity index (χ2v) is 5.06. The number of fused-ring (bicyclic) bond motifs is 1. The maximum absolute atomic E-state index is 12.5. The summed E-state index contributed by atoms with van der Waals surface area (Å²) in [6.07, 6.45) is 0.839. The van der Waals surface area contributed by atoms with E-state index in [0.717, 1.165) is 6.42 Å². The standard InChI is InChI=1S/C15H15N3O2/c1-10-8-11-4-2-3-5-12(11)9-18(10)15(20)13-6-7-14(19)17-16-13/h2-7,10H,8-9H2,1H3,(H,17,19). The largest absolute Gasteiger partial charge is 0.330 e. The molecule has 5 heteroatoms. The molecule has 0 fully saturated rings. The molecule has 3 rings (SSSR count). The number of carbonyl (C=O) groups excluding carboxylic acids is 1. The summed E-state index contributed by atoms with van der Waals surface area (Å²) in [5.74, 6) is -0.150. The van der Waals surface area contributed by atoms with Gasteiger partial charge >= 0.3 is 0 Å². The Balaban J connectivity index is 1.89. The van der Waals surface area contributed by atoms with Crippen LogP contribution >= 0.6 is 0 Å². The molecule has 1 unspecified atom stereocenters. The number of H-pyrrole nitrogens is 1. The van der Waals surface area contributed by atoms with Crippen LogP contribution in [-0.2, 0) is 13.0 Å². The van der Waals surface area contributed by atoms with E-state index in [-0.39, 0.29) is 23.2 Å². The molecule has 0 aliphatic carbocycles. The van der Waals surface area contributed by atoms with Gasteiger partial charge in [0.25, 0.3) is 11.5 Å². The van der Waals surface area contributed by atoms with Gasteiger partial charge < -0.3 is 4.90 Å². The number of aromatic nitrogens is 2. The van der Waals surface area contributed by atoms with Crippen molar-refractivity contribution in [2.24, 2.45) is 0 Å². The van der Waals surface area contributed by atoms with Gasteiger partial charge in [-0.3, -0.25) is 9.59 Å². The van der Waals surface area contributed by atoms with Gasteiger partial charge in [-0.1, -0.05) is 24.3 Å². The summed E-state index contributed by atoms with van der Waals surface area (Å²) in [5, 5.41) is 6.12. The van der Waals surface area contributed by atoms with E-state index in [9.17, 15) is 9.59 Å². The number of rotatable bonds is 1. The Morgan fingerprint density at radius 3 is 2.70 bits per heavy atom. The predicted octanol–water partition coefficient (Wildman–Crippen LogP) is 1.36. The third kappa shape index (κ3) is 2.22. The lowest BCUT2D eigenvalue weighted by Gasteiger charge is -2.34. The van der Waals surface area contributed by atoms with E-state index in [4.69, 9.17) is 0 Å². The van der Waals surface area contributed by atoms with Crippen LogP contribution in [0, 0.1) is 0 Å². The minimum absolute atomic E-state index is 0.117. The molecule has 20 heavy (non-hydrogen) atoms. The molecular weight excluding hydrogens is 254 g/mol. The van der Waals surface area contributed by atoms with Crippen molar-refractivity contribution >= 4 is 5.91 Å². The first kappa shape index (κ1) is 12.6. The van der Waals surface area contributed by atoms with Crippen LogP contribution in [0.1, 0.15) is 28.5 Å². The molecule has 1 amide bonds. The molecule has 2 heterocycles. The molecule has 0 radical (unpaired) electrons. The molecule has 0 bridgehead atoms. The quantitative estimate of drug-likeness (QED) is 0.850. The smallest absolute Gasteiger partial charge is 0.274 e. The molecule has 1 atom stereocenters. The van der Waals surface area contributed by atoms with Gasteiger partial charge in [0, 0.05) is 18.7 Å². The molecule has 5 nitrogen and oxygen atoms in total. The van der Waals surface area contributed by atoms with Crippen molar-refractivity contribution in [3.8, 4) is 0 Å². The Hall–Kier alpha value is -2.43. The zero-order valence-corrected chi connectivity index (χ0v) is 11.2. The SMILES string of the molecule is CC1Cc2ccccc2CN1C(=O)c1ccc(=O)[nH]n1. The highest BCUT2D eigenvalue weighted by molar-refractivity contribution is 5.92. The minimum atomic E-state index is -0.307. The zero-order valence-electron chi connectivity index (χ0n) is 11.2. The molecule has 0 spiro atoms. The van der Waals surface area contributed by atoms with Gasteiger partial charge in [0.2, 0.25) is 0 Å². The minimum Gasteiger partial charge on any atom is -0.330 e. The molecular formula is C15H15N3O2. The molecule has 2 aromatic rings. The fraction of sp³-hybridized carbons (Fsp3) is 0.267. The van der Waals surface area contributed by atoms with Gasteiger partial charge in [0.15, 0.2) is 0 Å². The maximum atomic E-state index is 12.5. The number of nitrogens with one attached hydrogen (secondary N) is 1. The Kier molecular flexibility index (Phi) is 3.10. The van der Waals surface area contributed by atoms with Crippen molar-refractivity contribution in [3.05, 3.63) is 63.6 Å². The average molecular weight is 269 g/mol. The van der Waals surface area contributed by atoms with Crippen molar-refractivity contribution in [2.45, 2.75) is 25.9 Å². The molecule has 1 aromatic carbocycles. The highest BCUT2D eigenvalue weighted by Crippen LogP contribution is 2.24. The number of hydrogen-bond donors (Lipinski definition) is 1. The Morgan fingerprint density at radius 2 is 2.00 bits per heavy atom. The summed E-state index contributed by atoms with van der Waals surface area (Å²) in [5.41, 5.74) is 2.43. The molecule has 0 saturated heterocycles. The highest BCUT2D eigenvalue weighted by Gasteiger charge is 2.27. The van der Waals surface area contributed by atoms with Crippen molar-refractivity contribution in [1.29, 1.82) is 0 Å². The van der Waals surface area contributed by atoms with E-state index in [0.29, 0.717) is 6.54 Å². The third-order valence-corrected chi connectivity index (χ3v) is 3.67. The van der Waals surface area contributed by atoms with Gasteiger partial charge in [-0.15, -0.1) is 0 Å². The summed E-state index contributed by atoms with van der Waals surface area (Å²) in [6.45, 7) is 2.61. The first-order chi connectivity index (χ1) is 9.65. The number of aromatic amines is 1. The second-order valence-electron chi connectivity index (χ2n) is 5.06. The average Bonchev–Trinajstić information content (AvgIpc) is 2.46. The summed E-state index contributed by atoms with van der Waals surface area (Å²) in [7, 11) is 0. The van der Waals surface area contributed by atoms with Crippen molar-refractivity contribution < 1.29 is 4.79 Å². The Labute approximate surface area is 116 Å². The van der Waals surface area contributed by atoms with Gasteiger partial charge in [0.05, 0.1) is 0 Å². The van der Waals surface area contributed by atoms with Crippen LogP contribution in [0.5, 0.6) is 0 Å². The fourth-order valence-corrected chi connectivity index (χ4v) is 2.56. The van der Waals surface area contributed by atoms with Crippen LogP contribution in [0.4, 0.5) is 0 Å². The highest BCUT2D eigenvalue weighted by atomic mass is 16.2. The van der Waals surface area contributed by atoms with E-state index in [1.807, 2.05) is 25.1 Å². The van der Waals surface area contributed by atoms with Crippen LogP contribution in [0.2, 0.25) is 0 Å². The van der Waals surface area contributed by atoms with Crippen LogP contribution < -0.4 is 5.56 Å². The van der Waals surface area contributed by atoms with Gasteiger partial charge in [0.1, 0.15) is 5.69 Å². The van der Waals surface area contributed by atoms with Crippen LogP contribution in [-0.4, -0.2) is 27.0 Å². The predicted molar refractivity (Wildman–Crippen MR) is 74.3 cm³/mol. The Morgan fingerprint density at radius 1 is 1.25 bits per heavy atom. The second kappa shape index (κ2) is 4.92. The van der Waals surface area contributed by atoms with Crippen LogP contribution in [0.15, 0.2) is 41.2 Å². The lowest BCUT2D eigenvalue weighted by molar-refractivity contribution is 0.0651. The maximum Gasteiger partial charge on any atom is 0.274 e.